The maximum atomic E-state index is 12.1. The first-order chi connectivity index (χ1) is 13.9. The number of amides is 1. The number of benzene rings is 2. The van der Waals surface area contributed by atoms with Crippen LogP contribution in [-0.2, 0) is 4.79 Å². The Bertz CT molecular complexity index is 852. The summed E-state index contributed by atoms with van der Waals surface area (Å²) in [5, 5.41) is 3.98. The van der Waals surface area contributed by atoms with Crippen molar-refractivity contribution in [3.8, 4) is 23.0 Å². The van der Waals surface area contributed by atoms with Gasteiger partial charge in [-0.1, -0.05) is 26.0 Å². The first-order valence-corrected chi connectivity index (χ1v) is 9.24. The first-order valence-electron chi connectivity index (χ1n) is 9.24. The molecule has 0 bridgehead atoms. The third-order valence-corrected chi connectivity index (χ3v) is 4.24. The molecule has 0 spiro atoms. The number of aryl methyl sites for hydroxylation is 1. The fourth-order valence-electron chi connectivity index (χ4n) is 2.77. The molecule has 0 aliphatic heterocycles. The minimum atomic E-state index is -0.357. The van der Waals surface area contributed by atoms with E-state index in [1.807, 2.05) is 25.1 Å². The van der Waals surface area contributed by atoms with E-state index in [0.29, 0.717) is 34.5 Å². The van der Waals surface area contributed by atoms with Gasteiger partial charge in [0, 0.05) is 5.56 Å². The van der Waals surface area contributed by atoms with Crippen molar-refractivity contribution < 1.29 is 23.7 Å². The van der Waals surface area contributed by atoms with E-state index < -0.39 is 0 Å². The zero-order chi connectivity index (χ0) is 21.4. The van der Waals surface area contributed by atoms with Gasteiger partial charge in [0.05, 0.1) is 27.5 Å². The topological polar surface area (TPSA) is 78.4 Å². The van der Waals surface area contributed by atoms with E-state index in [4.69, 9.17) is 18.9 Å². The predicted octanol–water partition coefficient (Wildman–Crippen LogP) is 3.67. The Morgan fingerprint density at radius 3 is 2.24 bits per heavy atom. The summed E-state index contributed by atoms with van der Waals surface area (Å²) in [6.45, 7) is 6.02. The Morgan fingerprint density at radius 2 is 1.69 bits per heavy atom. The van der Waals surface area contributed by atoms with Crippen LogP contribution in [0.25, 0.3) is 0 Å². The highest BCUT2D eigenvalue weighted by atomic mass is 16.5. The largest absolute Gasteiger partial charge is 0.493 e. The van der Waals surface area contributed by atoms with Crippen molar-refractivity contribution in [2.45, 2.75) is 26.7 Å². The molecule has 0 radical (unpaired) electrons. The van der Waals surface area contributed by atoms with Crippen LogP contribution >= 0.6 is 0 Å². The number of hydrogen-bond donors (Lipinski definition) is 1. The van der Waals surface area contributed by atoms with E-state index in [2.05, 4.69) is 24.4 Å². The van der Waals surface area contributed by atoms with Crippen LogP contribution in [0.3, 0.4) is 0 Å². The van der Waals surface area contributed by atoms with Gasteiger partial charge in [-0.25, -0.2) is 5.43 Å². The molecule has 2 aromatic carbocycles. The highest BCUT2D eigenvalue weighted by Crippen LogP contribution is 2.37. The van der Waals surface area contributed by atoms with Crippen molar-refractivity contribution in [3.05, 3.63) is 47.0 Å². The van der Waals surface area contributed by atoms with Gasteiger partial charge in [-0.15, -0.1) is 0 Å². The molecular weight excluding hydrogens is 372 g/mol. The van der Waals surface area contributed by atoms with Crippen LogP contribution in [0.15, 0.2) is 35.4 Å². The number of hydrazone groups is 1. The minimum Gasteiger partial charge on any atom is -0.493 e. The third-order valence-electron chi connectivity index (χ3n) is 4.24. The molecule has 1 N–H and O–H groups in total. The van der Waals surface area contributed by atoms with Crippen molar-refractivity contribution in [1.82, 2.24) is 5.43 Å². The molecule has 1 amide bonds. The van der Waals surface area contributed by atoms with E-state index in [1.54, 1.807) is 12.1 Å². The minimum absolute atomic E-state index is 0.129. The summed E-state index contributed by atoms with van der Waals surface area (Å²) in [7, 11) is 4.61. The van der Waals surface area contributed by atoms with Crippen molar-refractivity contribution in [1.29, 1.82) is 0 Å². The van der Waals surface area contributed by atoms with Gasteiger partial charge in [0.1, 0.15) is 5.75 Å². The molecule has 0 aromatic heterocycles. The average molecular weight is 400 g/mol. The highest BCUT2D eigenvalue weighted by molar-refractivity contribution is 5.84. The molecule has 0 aliphatic carbocycles. The maximum absolute atomic E-state index is 12.1. The molecule has 7 nitrogen and oxygen atoms in total. The lowest BCUT2D eigenvalue weighted by Crippen LogP contribution is -2.25. The molecule has 2 aromatic rings. The first kappa shape index (κ1) is 22.1. The molecule has 2 rings (SSSR count). The van der Waals surface area contributed by atoms with Crippen LogP contribution in [-0.4, -0.2) is 40.1 Å². The van der Waals surface area contributed by atoms with Crippen LogP contribution in [0.1, 0.15) is 36.5 Å². The summed E-state index contributed by atoms with van der Waals surface area (Å²) < 4.78 is 21.6. The van der Waals surface area contributed by atoms with Gasteiger partial charge in [-0.3, -0.25) is 4.79 Å². The average Bonchev–Trinajstić information content (AvgIpc) is 2.71. The predicted molar refractivity (Wildman–Crippen MR) is 113 cm³/mol. The van der Waals surface area contributed by atoms with Gasteiger partial charge in [-0.05, 0) is 42.2 Å². The zero-order valence-corrected chi connectivity index (χ0v) is 17.7. The molecule has 0 aliphatic rings. The van der Waals surface area contributed by atoms with Gasteiger partial charge in [0.25, 0.3) is 5.91 Å². The van der Waals surface area contributed by atoms with E-state index in [9.17, 15) is 4.79 Å². The van der Waals surface area contributed by atoms with Crippen molar-refractivity contribution in [2.24, 2.45) is 5.10 Å². The molecule has 29 heavy (non-hydrogen) atoms. The molecule has 0 fully saturated rings. The fourth-order valence-corrected chi connectivity index (χ4v) is 2.77. The van der Waals surface area contributed by atoms with Crippen LogP contribution < -0.4 is 24.4 Å². The molecule has 0 unspecified atom stereocenters. The van der Waals surface area contributed by atoms with Crippen LogP contribution in [0, 0.1) is 6.92 Å². The second-order valence-corrected chi connectivity index (χ2v) is 6.74. The van der Waals surface area contributed by atoms with E-state index in [1.165, 1.54) is 27.5 Å². The Labute approximate surface area is 171 Å². The van der Waals surface area contributed by atoms with Gasteiger partial charge >= 0.3 is 0 Å². The lowest BCUT2D eigenvalue weighted by molar-refractivity contribution is -0.123. The summed E-state index contributed by atoms with van der Waals surface area (Å²) in [6.07, 6.45) is 1.49. The Morgan fingerprint density at radius 1 is 1.03 bits per heavy atom. The van der Waals surface area contributed by atoms with Crippen molar-refractivity contribution in [3.63, 3.8) is 0 Å². The van der Waals surface area contributed by atoms with Gasteiger partial charge in [-0.2, -0.15) is 5.10 Å². The molecule has 0 saturated carbocycles. The number of nitrogens with zero attached hydrogens (tertiary/aromatic N) is 1. The summed E-state index contributed by atoms with van der Waals surface area (Å²) in [4.78, 5) is 12.1. The molecule has 7 heteroatoms. The number of ether oxygens (including phenoxy) is 4. The number of nitrogens with one attached hydrogen (secondary N) is 1. The number of carbonyl (C=O) groups is 1. The quantitative estimate of drug-likeness (QED) is 0.513. The SMILES string of the molecule is COc1cc(/C=N\NC(=O)COc2cc(C)ccc2C(C)C)cc(OC)c1OC. The fraction of sp³-hybridized carbons (Fsp3) is 0.364. The molecule has 0 saturated heterocycles. The monoisotopic (exact) mass is 400 g/mol. The standard InChI is InChI=1S/C22H28N2O5/c1-14(2)17-8-7-15(3)9-18(17)29-13-21(25)24-23-12-16-10-19(26-4)22(28-6)20(11-16)27-5/h7-12,14H,13H2,1-6H3,(H,24,25)/b23-12-. The Balaban J connectivity index is 2.01. The highest BCUT2D eigenvalue weighted by Gasteiger charge is 2.13. The smallest absolute Gasteiger partial charge is 0.277 e. The lowest BCUT2D eigenvalue weighted by atomic mass is 10.0. The zero-order valence-electron chi connectivity index (χ0n) is 17.7. The van der Waals surface area contributed by atoms with E-state index in [0.717, 1.165) is 11.1 Å². The molecule has 0 heterocycles. The van der Waals surface area contributed by atoms with Crippen LogP contribution in [0.5, 0.6) is 23.0 Å². The summed E-state index contributed by atoms with van der Waals surface area (Å²) in [6, 6.07) is 9.45. The van der Waals surface area contributed by atoms with Gasteiger partial charge < -0.3 is 18.9 Å². The number of carbonyl (C=O) groups excluding carboxylic acids is 1. The normalized spacial score (nSPS) is 10.9. The Hall–Kier alpha value is -3.22. The maximum Gasteiger partial charge on any atom is 0.277 e. The molecular formula is C22H28N2O5. The van der Waals surface area contributed by atoms with Gasteiger partial charge in [0.2, 0.25) is 5.75 Å². The lowest BCUT2D eigenvalue weighted by Gasteiger charge is -2.14. The second-order valence-electron chi connectivity index (χ2n) is 6.74. The summed E-state index contributed by atoms with van der Waals surface area (Å²) in [5.74, 6) is 2.15. The van der Waals surface area contributed by atoms with Crippen molar-refractivity contribution >= 4 is 12.1 Å². The third kappa shape index (κ3) is 5.88. The van der Waals surface area contributed by atoms with Crippen LogP contribution in [0.4, 0.5) is 0 Å². The number of methoxy groups -OCH3 is 3. The van der Waals surface area contributed by atoms with Crippen molar-refractivity contribution in [2.75, 3.05) is 27.9 Å². The Kier molecular flexibility index (Phi) is 7.88. The summed E-state index contributed by atoms with van der Waals surface area (Å²) in [5.41, 5.74) is 5.28. The number of rotatable bonds is 9. The van der Waals surface area contributed by atoms with Gasteiger partial charge in [0.15, 0.2) is 18.1 Å². The van der Waals surface area contributed by atoms with E-state index in [-0.39, 0.29) is 12.5 Å². The number of hydrogen-bond acceptors (Lipinski definition) is 6. The molecule has 156 valence electrons. The van der Waals surface area contributed by atoms with Crippen LogP contribution in [0.2, 0.25) is 0 Å². The second kappa shape index (κ2) is 10.4. The van der Waals surface area contributed by atoms with E-state index >= 15 is 0 Å². The molecule has 0 atom stereocenters. The summed E-state index contributed by atoms with van der Waals surface area (Å²) >= 11 is 0.